The summed E-state index contributed by atoms with van der Waals surface area (Å²) in [5.41, 5.74) is 9.68. The molecule has 6 aliphatic rings. The molecule has 2 aromatic carbocycles. The first-order valence-electron chi connectivity index (χ1n) is 22.7. The number of allylic oxidation sites excluding steroid dienone is 1. The van der Waals surface area contributed by atoms with E-state index in [1.54, 1.807) is 16.7 Å². The second kappa shape index (κ2) is 19.3. The summed E-state index contributed by atoms with van der Waals surface area (Å²) in [6.07, 6.45) is 16.7. The molecule has 0 heterocycles. The first-order valence-corrected chi connectivity index (χ1v) is 22.7. The third kappa shape index (κ3) is 9.66. The van der Waals surface area contributed by atoms with Crippen LogP contribution in [0.15, 0.2) is 35.9 Å². The standard InChI is InChI=1S/C25H39NO2.C25H37NO2.CH4/c2*1-16-14-23-19(15-24(16)27)13-17(2)25-21-6-5-18(20(21)7-8-22(23)25)9-11-28-12-10-26(3)4;/h14-15,17-18,20-22,25,27H,5-13H2,1-4H3;9,14-15,17,20-22,25,27H,5-8,10-13H2,1-4H3;1H4/b;18-9+;/t17-,18-,20?,21?,22?,25?;17-,20?,21?,22?,25?;/m11./s1. The fourth-order valence-electron chi connectivity index (χ4n) is 13.3. The van der Waals surface area contributed by atoms with Crippen LogP contribution in [-0.2, 0) is 22.3 Å². The predicted molar refractivity (Wildman–Crippen MR) is 236 cm³/mol. The van der Waals surface area contributed by atoms with Crippen LogP contribution in [0, 0.1) is 67.1 Å². The lowest BCUT2D eigenvalue weighted by Crippen LogP contribution is -2.40. The normalized spacial score (nSPS) is 33.0. The first kappa shape index (κ1) is 44.2. The lowest BCUT2D eigenvalue weighted by Gasteiger charge is -2.48. The summed E-state index contributed by atoms with van der Waals surface area (Å²) < 4.78 is 11.8. The Morgan fingerprint density at radius 2 is 1.16 bits per heavy atom. The molecule has 4 saturated carbocycles. The zero-order valence-electron chi connectivity index (χ0n) is 36.4. The number of fused-ring (bicyclic) bond motifs is 10. The van der Waals surface area contributed by atoms with Gasteiger partial charge in [0.2, 0.25) is 0 Å². The fraction of sp³-hybridized carbons (Fsp3) is 0.725. The van der Waals surface area contributed by atoms with E-state index in [1.807, 2.05) is 6.92 Å². The van der Waals surface area contributed by atoms with E-state index < -0.39 is 0 Å². The number of ether oxygens (including phenoxy) is 2. The van der Waals surface area contributed by atoms with Gasteiger partial charge in [0.05, 0.1) is 19.8 Å². The van der Waals surface area contributed by atoms with E-state index in [0.29, 0.717) is 23.3 Å². The molecule has 0 saturated heterocycles. The van der Waals surface area contributed by atoms with Gasteiger partial charge < -0.3 is 29.5 Å². The van der Waals surface area contributed by atoms with Crippen molar-refractivity contribution in [2.45, 2.75) is 118 Å². The Morgan fingerprint density at radius 1 is 0.632 bits per heavy atom. The summed E-state index contributed by atoms with van der Waals surface area (Å²) in [6.45, 7) is 14.4. The molecule has 2 N–H and O–H groups in total. The van der Waals surface area contributed by atoms with E-state index in [-0.39, 0.29) is 7.43 Å². The predicted octanol–water partition coefficient (Wildman–Crippen LogP) is 10.6. The molecule has 6 aliphatic carbocycles. The molecule has 0 spiro atoms. The van der Waals surface area contributed by atoms with Crippen molar-refractivity contribution in [3.63, 3.8) is 0 Å². The third-order valence-corrected chi connectivity index (χ3v) is 15.9. The Kier molecular flexibility index (Phi) is 15.0. The van der Waals surface area contributed by atoms with E-state index in [0.717, 1.165) is 117 Å². The van der Waals surface area contributed by atoms with Crippen molar-refractivity contribution in [3.05, 3.63) is 69.3 Å². The van der Waals surface area contributed by atoms with Crippen molar-refractivity contribution in [2.24, 2.45) is 53.3 Å². The number of hydrogen-bond donors (Lipinski definition) is 2. The van der Waals surface area contributed by atoms with Crippen molar-refractivity contribution in [1.29, 1.82) is 0 Å². The van der Waals surface area contributed by atoms with E-state index in [1.165, 1.54) is 68.9 Å². The largest absolute Gasteiger partial charge is 0.508 e. The smallest absolute Gasteiger partial charge is 0.118 e. The van der Waals surface area contributed by atoms with Crippen molar-refractivity contribution in [3.8, 4) is 11.5 Å². The maximum atomic E-state index is 10.2. The minimum atomic E-state index is 0. The molecule has 0 amide bonds. The lowest BCUT2D eigenvalue weighted by atomic mass is 9.56. The number of aryl methyl sites for hydroxylation is 2. The van der Waals surface area contributed by atoms with Crippen molar-refractivity contribution in [2.75, 3.05) is 67.7 Å². The Bertz CT molecular complexity index is 1670. The summed E-state index contributed by atoms with van der Waals surface area (Å²) in [5, 5.41) is 20.4. The fourth-order valence-corrected chi connectivity index (χ4v) is 13.3. The van der Waals surface area contributed by atoms with Gasteiger partial charge in [-0.05, 0) is 223 Å². The Morgan fingerprint density at radius 3 is 1.75 bits per heavy atom. The molecule has 6 heteroatoms. The van der Waals surface area contributed by atoms with Crippen molar-refractivity contribution >= 4 is 0 Å². The minimum Gasteiger partial charge on any atom is -0.508 e. The monoisotopic (exact) mass is 785 g/mol. The number of nitrogens with zero attached hydrogens (tertiary/aromatic N) is 2. The molecule has 2 aromatic rings. The van der Waals surface area contributed by atoms with Gasteiger partial charge in [0, 0.05) is 19.7 Å². The lowest BCUT2D eigenvalue weighted by molar-refractivity contribution is 0.0612. The van der Waals surface area contributed by atoms with Crippen LogP contribution < -0.4 is 0 Å². The number of hydrogen-bond acceptors (Lipinski definition) is 6. The Labute approximate surface area is 347 Å². The molecule has 6 nitrogen and oxygen atoms in total. The molecule has 11 atom stereocenters. The summed E-state index contributed by atoms with van der Waals surface area (Å²) in [6, 6.07) is 8.71. The molecule has 0 radical (unpaired) electrons. The van der Waals surface area contributed by atoms with Gasteiger partial charge in [0.1, 0.15) is 11.5 Å². The second-order valence-electron chi connectivity index (χ2n) is 19.9. The van der Waals surface area contributed by atoms with Gasteiger partial charge in [-0.3, -0.25) is 0 Å². The van der Waals surface area contributed by atoms with E-state index in [4.69, 9.17) is 9.47 Å². The summed E-state index contributed by atoms with van der Waals surface area (Å²) in [4.78, 5) is 4.36. The highest BCUT2D eigenvalue weighted by molar-refractivity contribution is 5.46. The molecule has 318 valence electrons. The minimum absolute atomic E-state index is 0. The highest BCUT2D eigenvalue weighted by Crippen LogP contribution is 2.60. The van der Waals surface area contributed by atoms with Gasteiger partial charge in [-0.2, -0.15) is 0 Å². The summed E-state index contributed by atoms with van der Waals surface area (Å²) >= 11 is 0. The molecule has 0 bridgehead atoms. The van der Waals surface area contributed by atoms with Crippen LogP contribution in [-0.4, -0.2) is 87.7 Å². The Hall–Kier alpha value is -2.38. The van der Waals surface area contributed by atoms with E-state index in [9.17, 15) is 10.2 Å². The molecule has 8 unspecified atom stereocenters. The van der Waals surface area contributed by atoms with Crippen LogP contribution in [0.4, 0.5) is 0 Å². The maximum Gasteiger partial charge on any atom is 0.118 e. The molecule has 4 fully saturated rings. The highest BCUT2D eigenvalue weighted by Gasteiger charge is 2.50. The van der Waals surface area contributed by atoms with Gasteiger partial charge in [-0.25, -0.2) is 0 Å². The van der Waals surface area contributed by atoms with Crippen LogP contribution in [0.25, 0.3) is 0 Å². The number of phenols is 2. The number of likely N-dealkylation sites (N-methyl/N-ethyl adjacent to an activating group) is 2. The van der Waals surface area contributed by atoms with Gasteiger partial charge in [-0.1, -0.05) is 45.1 Å². The van der Waals surface area contributed by atoms with Crippen LogP contribution in [0.5, 0.6) is 11.5 Å². The molecule has 0 aromatic heterocycles. The Balaban J connectivity index is 0.000000189. The number of aromatic hydroxyl groups is 2. The zero-order chi connectivity index (χ0) is 39.7. The van der Waals surface area contributed by atoms with Crippen LogP contribution in [0.2, 0.25) is 0 Å². The molecule has 8 rings (SSSR count). The molecular weight excluding hydrogens is 705 g/mol. The number of benzene rings is 2. The molecular formula is C51H80N2O4. The maximum absolute atomic E-state index is 10.2. The van der Waals surface area contributed by atoms with Gasteiger partial charge >= 0.3 is 0 Å². The first-order chi connectivity index (χ1) is 26.9. The number of phenolic OH excluding ortho intramolecular Hbond substituents is 2. The average molecular weight is 785 g/mol. The molecule has 57 heavy (non-hydrogen) atoms. The SMILES string of the molecule is C.Cc1cc2c(cc1O)C[C@@H](C)C1C2CCC2/C(=C/COCCN(C)C)CCC21.Cc1cc2c(cc1O)C[C@@H](C)C1C2CCC2C1CC[C@@H]2CCOCCN(C)C. The van der Waals surface area contributed by atoms with Gasteiger partial charge in [-0.15, -0.1) is 0 Å². The van der Waals surface area contributed by atoms with Gasteiger partial charge in [0.15, 0.2) is 0 Å². The quantitative estimate of drug-likeness (QED) is 0.175. The summed E-state index contributed by atoms with van der Waals surface area (Å²) in [7, 11) is 8.40. The van der Waals surface area contributed by atoms with Crippen molar-refractivity contribution < 1.29 is 19.7 Å². The molecule has 0 aliphatic heterocycles. The third-order valence-electron chi connectivity index (χ3n) is 15.9. The average Bonchev–Trinajstić information content (AvgIpc) is 3.77. The van der Waals surface area contributed by atoms with E-state index in [2.05, 4.69) is 89.1 Å². The van der Waals surface area contributed by atoms with Crippen LogP contribution in [0.3, 0.4) is 0 Å². The van der Waals surface area contributed by atoms with Gasteiger partial charge in [0.25, 0.3) is 0 Å². The number of rotatable bonds is 11. The second-order valence-corrected chi connectivity index (χ2v) is 19.9. The zero-order valence-corrected chi connectivity index (χ0v) is 36.4. The van der Waals surface area contributed by atoms with Crippen LogP contribution in [0.1, 0.15) is 124 Å². The van der Waals surface area contributed by atoms with Crippen LogP contribution >= 0.6 is 0 Å². The topological polar surface area (TPSA) is 65.4 Å². The summed E-state index contributed by atoms with van der Waals surface area (Å²) in [5.74, 6) is 9.77. The highest BCUT2D eigenvalue weighted by atomic mass is 16.5. The van der Waals surface area contributed by atoms with E-state index >= 15 is 0 Å². The van der Waals surface area contributed by atoms with Crippen molar-refractivity contribution in [1.82, 2.24) is 9.80 Å².